The van der Waals surface area contributed by atoms with Crippen LogP contribution < -0.4 is 15.0 Å². The van der Waals surface area contributed by atoms with Gasteiger partial charge in [-0.3, -0.25) is 14.9 Å². The van der Waals surface area contributed by atoms with Crippen molar-refractivity contribution in [3.8, 4) is 5.75 Å². The molecule has 0 unspecified atom stereocenters. The van der Waals surface area contributed by atoms with E-state index in [0.29, 0.717) is 11.3 Å². The van der Waals surface area contributed by atoms with Gasteiger partial charge in [-0.25, -0.2) is 14.1 Å². The number of carbonyl (C=O) groups is 3. The van der Waals surface area contributed by atoms with Gasteiger partial charge in [-0.1, -0.05) is 12.1 Å². The van der Waals surface area contributed by atoms with Crippen molar-refractivity contribution in [1.82, 2.24) is 5.32 Å². The average molecular weight is 340 g/mol. The third-order valence-electron chi connectivity index (χ3n) is 3.59. The molecular formula is C18H13FN2O4. The lowest BCUT2D eigenvalue weighted by molar-refractivity contribution is -0.122. The number of rotatable bonds is 3. The molecule has 1 heterocycles. The Kier molecular flexibility index (Phi) is 4.30. The monoisotopic (exact) mass is 340 g/mol. The molecule has 1 aliphatic rings. The molecule has 1 aliphatic heterocycles. The molecule has 1 N–H and O–H groups in total. The van der Waals surface area contributed by atoms with Crippen molar-refractivity contribution in [3.05, 3.63) is 65.5 Å². The molecule has 7 heteroatoms. The topological polar surface area (TPSA) is 75.7 Å². The summed E-state index contributed by atoms with van der Waals surface area (Å²) in [6.45, 7) is 0. The van der Waals surface area contributed by atoms with Crippen LogP contribution in [-0.2, 0) is 9.59 Å². The zero-order chi connectivity index (χ0) is 18.0. The molecular weight excluding hydrogens is 327 g/mol. The van der Waals surface area contributed by atoms with Crippen molar-refractivity contribution < 1.29 is 23.5 Å². The molecule has 4 amide bonds. The fraction of sp³-hybridized carbons (Fsp3) is 0.0556. The first-order chi connectivity index (χ1) is 12.0. The highest BCUT2D eigenvalue weighted by molar-refractivity contribution is 6.39. The average Bonchev–Trinajstić information content (AvgIpc) is 2.60. The lowest BCUT2D eigenvalue weighted by Gasteiger charge is -2.26. The number of barbiturate groups is 1. The Morgan fingerprint density at radius 1 is 1.08 bits per heavy atom. The highest BCUT2D eigenvalue weighted by atomic mass is 19.1. The van der Waals surface area contributed by atoms with Crippen molar-refractivity contribution in [1.29, 1.82) is 0 Å². The van der Waals surface area contributed by atoms with Gasteiger partial charge in [-0.05, 0) is 48.0 Å². The molecule has 0 radical (unpaired) electrons. The zero-order valence-corrected chi connectivity index (χ0v) is 13.2. The molecule has 0 spiro atoms. The molecule has 2 aromatic carbocycles. The minimum absolute atomic E-state index is 0.160. The summed E-state index contributed by atoms with van der Waals surface area (Å²) in [5, 5.41) is 2.11. The predicted octanol–water partition coefficient (Wildman–Crippen LogP) is 2.50. The third-order valence-corrected chi connectivity index (χ3v) is 3.59. The Labute approximate surface area is 142 Å². The van der Waals surface area contributed by atoms with Crippen molar-refractivity contribution in [2.45, 2.75) is 0 Å². The number of halogens is 1. The molecule has 6 nitrogen and oxygen atoms in total. The number of hydrogen-bond acceptors (Lipinski definition) is 4. The molecule has 25 heavy (non-hydrogen) atoms. The number of amides is 4. The van der Waals surface area contributed by atoms with Gasteiger partial charge in [-0.2, -0.15) is 0 Å². The zero-order valence-electron chi connectivity index (χ0n) is 13.2. The van der Waals surface area contributed by atoms with Gasteiger partial charge in [0.25, 0.3) is 11.8 Å². The Bertz CT molecular complexity index is 890. The number of anilines is 1. The molecule has 1 fully saturated rings. The molecule has 0 aliphatic carbocycles. The Morgan fingerprint density at radius 3 is 2.48 bits per heavy atom. The first-order valence-electron chi connectivity index (χ1n) is 7.30. The van der Waals surface area contributed by atoms with E-state index in [1.807, 2.05) is 0 Å². The summed E-state index contributed by atoms with van der Waals surface area (Å²) >= 11 is 0. The van der Waals surface area contributed by atoms with Crippen LogP contribution >= 0.6 is 0 Å². The second-order valence-corrected chi connectivity index (χ2v) is 5.21. The second-order valence-electron chi connectivity index (χ2n) is 5.21. The van der Waals surface area contributed by atoms with Crippen LogP contribution in [0.5, 0.6) is 5.75 Å². The van der Waals surface area contributed by atoms with Crippen LogP contribution in [-0.4, -0.2) is 25.0 Å². The van der Waals surface area contributed by atoms with E-state index in [4.69, 9.17) is 4.74 Å². The Hall–Kier alpha value is -3.48. The summed E-state index contributed by atoms with van der Waals surface area (Å²) in [7, 11) is 1.50. The van der Waals surface area contributed by atoms with Gasteiger partial charge >= 0.3 is 6.03 Å². The number of nitrogens with zero attached hydrogens (tertiary/aromatic N) is 1. The number of urea groups is 1. The van der Waals surface area contributed by atoms with Crippen LogP contribution in [0.2, 0.25) is 0 Å². The molecule has 0 saturated carbocycles. The number of benzene rings is 2. The SMILES string of the molecule is COc1cccc(C=C2C(=O)NC(=O)N(c3ccc(F)cc3)C2=O)c1. The van der Waals surface area contributed by atoms with Gasteiger partial charge in [-0.15, -0.1) is 0 Å². The van der Waals surface area contributed by atoms with Crippen LogP contribution in [0.3, 0.4) is 0 Å². The van der Waals surface area contributed by atoms with E-state index in [1.54, 1.807) is 24.3 Å². The van der Waals surface area contributed by atoms with Gasteiger partial charge in [0.2, 0.25) is 0 Å². The molecule has 0 atom stereocenters. The van der Waals surface area contributed by atoms with Crippen molar-refractivity contribution in [3.63, 3.8) is 0 Å². The first kappa shape index (κ1) is 16.4. The molecule has 126 valence electrons. The normalized spacial score (nSPS) is 16.2. The van der Waals surface area contributed by atoms with Gasteiger partial charge < -0.3 is 4.74 Å². The fourth-order valence-corrected chi connectivity index (χ4v) is 2.38. The van der Waals surface area contributed by atoms with E-state index in [2.05, 4.69) is 5.32 Å². The maximum absolute atomic E-state index is 13.1. The maximum atomic E-state index is 13.1. The van der Waals surface area contributed by atoms with Gasteiger partial charge in [0, 0.05) is 0 Å². The predicted molar refractivity (Wildman–Crippen MR) is 88.4 cm³/mol. The Morgan fingerprint density at radius 2 is 1.80 bits per heavy atom. The molecule has 0 aromatic heterocycles. The minimum Gasteiger partial charge on any atom is -0.497 e. The highest BCUT2D eigenvalue weighted by Crippen LogP contribution is 2.23. The number of ether oxygens (including phenoxy) is 1. The summed E-state index contributed by atoms with van der Waals surface area (Å²) in [5.41, 5.74) is 0.511. The summed E-state index contributed by atoms with van der Waals surface area (Å²) in [5.74, 6) is -1.53. The van der Waals surface area contributed by atoms with Crippen LogP contribution in [0.1, 0.15) is 5.56 Å². The lowest BCUT2D eigenvalue weighted by atomic mass is 10.1. The summed E-state index contributed by atoms with van der Waals surface area (Å²) < 4.78 is 18.2. The number of hydrogen-bond donors (Lipinski definition) is 1. The van der Waals surface area contributed by atoms with Crippen LogP contribution in [0.4, 0.5) is 14.9 Å². The summed E-state index contributed by atoms with van der Waals surface area (Å²) in [6.07, 6.45) is 1.36. The van der Waals surface area contributed by atoms with Crippen LogP contribution in [0, 0.1) is 5.82 Å². The van der Waals surface area contributed by atoms with Gasteiger partial charge in [0.05, 0.1) is 12.8 Å². The maximum Gasteiger partial charge on any atom is 0.335 e. The molecule has 2 aromatic rings. The van der Waals surface area contributed by atoms with E-state index in [1.165, 1.54) is 25.3 Å². The molecule has 3 rings (SSSR count). The Balaban J connectivity index is 2.00. The van der Waals surface area contributed by atoms with E-state index in [9.17, 15) is 18.8 Å². The van der Waals surface area contributed by atoms with E-state index >= 15 is 0 Å². The fourth-order valence-electron chi connectivity index (χ4n) is 2.38. The molecule has 0 bridgehead atoms. The van der Waals surface area contributed by atoms with E-state index in [0.717, 1.165) is 17.0 Å². The minimum atomic E-state index is -0.885. The number of carbonyl (C=O) groups excluding carboxylic acids is 3. The number of methoxy groups -OCH3 is 1. The van der Waals surface area contributed by atoms with Crippen LogP contribution in [0.15, 0.2) is 54.1 Å². The van der Waals surface area contributed by atoms with Gasteiger partial charge in [0.1, 0.15) is 17.1 Å². The number of nitrogens with one attached hydrogen (secondary N) is 1. The second kappa shape index (κ2) is 6.56. The van der Waals surface area contributed by atoms with Gasteiger partial charge in [0.15, 0.2) is 0 Å². The smallest absolute Gasteiger partial charge is 0.335 e. The van der Waals surface area contributed by atoms with Crippen molar-refractivity contribution in [2.75, 3.05) is 12.0 Å². The molecule has 1 saturated heterocycles. The standard InChI is InChI=1S/C18H13FN2O4/c1-25-14-4-2-3-11(9-14)10-15-16(22)20-18(24)21(17(15)23)13-7-5-12(19)6-8-13/h2-10H,1H3,(H,20,22,24). The van der Waals surface area contributed by atoms with E-state index in [-0.39, 0.29) is 11.3 Å². The largest absolute Gasteiger partial charge is 0.497 e. The lowest BCUT2D eigenvalue weighted by Crippen LogP contribution is -2.54. The summed E-state index contributed by atoms with van der Waals surface area (Å²) in [4.78, 5) is 37.5. The van der Waals surface area contributed by atoms with Crippen molar-refractivity contribution >= 4 is 29.6 Å². The van der Waals surface area contributed by atoms with Crippen LogP contribution in [0.25, 0.3) is 6.08 Å². The van der Waals surface area contributed by atoms with E-state index < -0.39 is 23.7 Å². The quantitative estimate of drug-likeness (QED) is 0.688. The summed E-state index contributed by atoms with van der Waals surface area (Å²) in [6, 6.07) is 10.7. The number of imide groups is 2. The highest BCUT2D eigenvalue weighted by Gasteiger charge is 2.36. The van der Waals surface area contributed by atoms with Crippen molar-refractivity contribution in [2.24, 2.45) is 0 Å². The third kappa shape index (κ3) is 3.25. The first-order valence-corrected chi connectivity index (χ1v) is 7.30.